The standard InChI is InChI=1S/C16H11ClFN3O/c17-12-2-1-3-15(8-12)20-10-11(9-19)16(22)21-14-6-4-13(18)5-7-14/h1-8,10,20H,(H,21,22)/b11-10-. The number of nitrogens with one attached hydrogen (secondary N) is 2. The molecule has 1 amide bonds. The number of hydrogen-bond donors (Lipinski definition) is 2. The lowest BCUT2D eigenvalue weighted by Gasteiger charge is -2.05. The van der Waals surface area contributed by atoms with Crippen LogP contribution in [0.2, 0.25) is 5.02 Å². The second-order valence-electron chi connectivity index (χ2n) is 4.29. The van der Waals surface area contributed by atoms with Crippen LogP contribution in [0.4, 0.5) is 15.8 Å². The molecular weight excluding hydrogens is 305 g/mol. The fraction of sp³-hybridized carbons (Fsp3) is 0. The van der Waals surface area contributed by atoms with E-state index in [1.807, 2.05) is 0 Å². The number of nitriles is 1. The van der Waals surface area contributed by atoms with Crippen LogP contribution >= 0.6 is 11.6 Å². The zero-order valence-electron chi connectivity index (χ0n) is 11.3. The third-order valence-corrected chi connectivity index (χ3v) is 2.91. The van der Waals surface area contributed by atoms with Gasteiger partial charge in [0.15, 0.2) is 0 Å². The lowest BCUT2D eigenvalue weighted by Crippen LogP contribution is -2.14. The van der Waals surface area contributed by atoms with Gasteiger partial charge >= 0.3 is 0 Å². The van der Waals surface area contributed by atoms with Gasteiger partial charge in [-0.25, -0.2) is 4.39 Å². The minimum atomic E-state index is -0.594. The largest absolute Gasteiger partial charge is 0.360 e. The first kappa shape index (κ1) is 15.5. The lowest BCUT2D eigenvalue weighted by molar-refractivity contribution is -0.112. The lowest BCUT2D eigenvalue weighted by atomic mass is 10.2. The summed E-state index contributed by atoms with van der Waals surface area (Å²) < 4.78 is 12.8. The van der Waals surface area contributed by atoms with Crippen molar-refractivity contribution in [2.45, 2.75) is 0 Å². The number of anilines is 2. The van der Waals surface area contributed by atoms with Gasteiger partial charge in [0.05, 0.1) is 0 Å². The normalized spacial score (nSPS) is 10.7. The van der Waals surface area contributed by atoms with Crippen molar-refractivity contribution >= 4 is 28.9 Å². The van der Waals surface area contributed by atoms with Gasteiger partial charge in [0.25, 0.3) is 5.91 Å². The average Bonchev–Trinajstić information content (AvgIpc) is 2.50. The summed E-state index contributed by atoms with van der Waals surface area (Å²) in [5.74, 6) is -1.000. The van der Waals surface area contributed by atoms with Gasteiger partial charge < -0.3 is 10.6 Å². The number of carbonyl (C=O) groups is 1. The van der Waals surface area contributed by atoms with Crippen LogP contribution in [-0.4, -0.2) is 5.91 Å². The summed E-state index contributed by atoms with van der Waals surface area (Å²) in [5.41, 5.74) is 0.925. The number of carbonyl (C=O) groups excluding carboxylic acids is 1. The minimum absolute atomic E-state index is 0.121. The Kier molecular flexibility index (Phi) is 5.12. The summed E-state index contributed by atoms with van der Waals surface area (Å²) in [6.45, 7) is 0. The van der Waals surface area contributed by atoms with Gasteiger partial charge in [-0.1, -0.05) is 17.7 Å². The quantitative estimate of drug-likeness (QED) is 0.663. The highest BCUT2D eigenvalue weighted by atomic mass is 35.5. The summed E-state index contributed by atoms with van der Waals surface area (Å²) in [7, 11) is 0. The molecule has 0 aromatic heterocycles. The molecule has 0 saturated heterocycles. The molecule has 6 heteroatoms. The molecule has 4 nitrogen and oxygen atoms in total. The van der Waals surface area contributed by atoms with Gasteiger partial charge in [-0.2, -0.15) is 5.26 Å². The van der Waals surface area contributed by atoms with Crippen molar-refractivity contribution < 1.29 is 9.18 Å². The van der Waals surface area contributed by atoms with Crippen molar-refractivity contribution in [2.24, 2.45) is 0 Å². The second-order valence-corrected chi connectivity index (χ2v) is 4.72. The highest BCUT2D eigenvalue weighted by Crippen LogP contribution is 2.15. The van der Waals surface area contributed by atoms with Gasteiger partial charge in [0.2, 0.25) is 0 Å². The summed E-state index contributed by atoms with van der Waals surface area (Å²) in [6, 6.07) is 13.9. The monoisotopic (exact) mass is 315 g/mol. The first-order chi connectivity index (χ1) is 10.6. The first-order valence-corrected chi connectivity index (χ1v) is 6.65. The smallest absolute Gasteiger partial charge is 0.267 e. The summed E-state index contributed by atoms with van der Waals surface area (Å²) in [5, 5.41) is 14.9. The van der Waals surface area contributed by atoms with E-state index < -0.39 is 11.7 Å². The molecule has 0 aliphatic heterocycles. The number of hydrogen-bond acceptors (Lipinski definition) is 3. The van der Waals surface area contributed by atoms with Gasteiger partial charge in [0.1, 0.15) is 17.5 Å². The van der Waals surface area contributed by atoms with Crippen LogP contribution in [0.1, 0.15) is 0 Å². The van der Waals surface area contributed by atoms with E-state index in [0.717, 1.165) is 0 Å². The molecule has 0 heterocycles. The molecule has 2 aromatic rings. The fourth-order valence-corrected chi connectivity index (χ4v) is 1.80. The SMILES string of the molecule is N#C/C(=C/Nc1cccc(Cl)c1)C(=O)Nc1ccc(F)cc1. The zero-order chi connectivity index (χ0) is 15.9. The molecule has 0 aliphatic carbocycles. The van der Waals surface area contributed by atoms with Gasteiger partial charge in [-0.15, -0.1) is 0 Å². The predicted octanol–water partition coefficient (Wildman–Crippen LogP) is 3.94. The minimum Gasteiger partial charge on any atom is -0.360 e. The van der Waals surface area contributed by atoms with Crippen molar-refractivity contribution in [3.05, 3.63) is 71.1 Å². The van der Waals surface area contributed by atoms with Crippen molar-refractivity contribution in [1.82, 2.24) is 0 Å². The molecule has 110 valence electrons. The van der Waals surface area contributed by atoms with Crippen LogP contribution in [0, 0.1) is 17.1 Å². The summed E-state index contributed by atoms with van der Waals surface area (Å²) in [4.78, 5) is 12.0. The summed E-state index contributed by atoms with van der Waals surface area (Å²) in [6.07, 6.45) is 1.28. The second kappa shape index (κ2) is 7.25. The molecule has 0 bridgehead atoms. The van der Waals surface area contributed by atoms with Gasteiger partial charge in [0, 0.05) is 22.6 Å². The molecule has 0 atom stereocenters. The Labute approximate surface area is 131 Å². The van der Waals surface area contributed by atoms with E-state index in [-0.39, 0.29) is 5.57 Å². The maximum absolute atomic E-state index is 12.8. The molecule has 0 unspecified atom stereocenters. The molecule has 0 fully saturated rings. The molecule has 0 saturated carbocycles. The highest BCUT2D eigenvalue weighted by molar-refractivity contribution is 6.30. The van der Waals surface area contributed by atoms with Crippen LogP contribution in [0.3, 0.4) is 0 Å². The maximum Gasteiger partial charge on any atom is 0.267 e. The van der Waals surface area contributed by atoms with Crippen molar-refractivity contribution in [1.29, 1.82) is 5.26 Å². The van der Waals surface area contributed by atoms with E-state index in [4.69, 9.17) is 16.9 Å². The van der Waals surface area contributed by atoms with Crippen LogP contribution in [-0.2, 0) is 4.79 Å². The summed E-state index contributed by atoms with van der Waals surface area (Å²) >= 11 is 5.84. The van der Waals surface area contributed by atoms with E-state index in [1.165, 1.54) is 30.5 Å². The Morgan fingerprint density at radius 1 is 1.18 bits per heavy atom. The van der Waals surface area contributed by atoms with E-state index in [1.54, 1.807) is 30.3 Å². The number of halogens is 2. The fourth-order valence-electron chi connectivity index (χ4n) is 1.61. The van der Waals surface area contributed by atoms with E-state index in [9.17, 15) is 9.18 Å². The van der Waals surface area contributed by atoms with Crippen LogP contribution in [0.5, 0.6) is 0 Å². The molecule has 2 aromatic carbocycles. The van der Waals surface area contributed by atoms with Crippen molar-refractivity contribution in [3.8, 4) is 6.07 Å². The Bertz CT molecular complexity index is 751. The van der Waals surface area contributed by atoms with Crippen LogP contribution in [0.15, 0.2) is 60.3 Å². The molecule has 0 spiro atoms. The average molecular weight is 316 g/mol. The number of amides is 1. The number of benzene rings is 2. The van der Waals surface area contributed by atoms with Crippen LogP contribution < -0.4 is 10.6 Å². The van der Waals surface area contributed by atoms with Gasteiger partial charge in [-0.05, 0) is 42.5 Å². The van der Waals surface area contributed by atoms with E-state index in [2.05, 4.69) is 10.6 Å². The molecule has 0 aliphatic rings. The third kappa shape index (κ3) is 4.33. The Morgan fingerprint density at radius 2 is 1.91 bits per heavy atom. The molecule has 22 heavy (non-hydrogen) atoms. The van der Waals surface area contributed by atoms with Crippen LogP contribution in [0.25, 0.3) is 0 Å². The van der Waals surface area contributed by atoms with Crippen molar-refractivity contribution in [3.63, 3.8) is 0 Å². The molecule has 2 rings (SSSR count). The maximum atomic E-state index is 12.8. The zero-order valence-corrected chi connectivity index (χ0v) is 12.1. The topological polar surface area (TPSA) is 64.9 Å². The first-order valence-electron chi connectivity index (χ1n) is 6.28. The third-order valence-electron chi connectivity index (χ3n) is 2.67. The predicted molar refractivity (Wildman–Crippen MR) is 83.8 cm³/mol. The molecular formula is C16H11ClFN3O. The Hall–Kier alpha value is -2.84. The van der Waals surface area contributed by atoms with E-state index in [0.29, 0.717) is 16.4 Å². The molecule has 0 radical (unpaired) electrons. The van der Waals surface area contributed by atoms with E-state index >= 15 is 0 Å². The number of rotatable bonds is 4. The Balaban J connectivity index is 2.07. The molecule has 2 N–H and O–H groups in total. The Morgan fingerprint density at radius 3 is 2.55 bits per heavy atom. The highest BCUT2D eigenvalue weighted by Gasteiger charge is 2.09. The van der Waals surface area contributed by atoms with Gasteiger partial charge in [-0.3, -0.25) is 4.79 Å². The van der Waals surface area contributed by atoms with Crippen molar-refractivity contribution in [2.75, 3.05) is 10.6 Å². The number of nitrogens with zero attached hydrogens (tertiary/aromatic N) is 1.